The number of pyridine rings is 1. The minimum absolute atomic E-state index is 0.106. The molecule has 8 nitrogen and oxygen atoms in total. The van der Waals surface area contributed by atoms with Gasteiger partial charge in [0, 0.05) is 36.9 Å². The van der Waals surface area contributed by atoms with Gasteiger partial charge in [-0.3, -0.25) is 18.9 Å². The maximum Gasteiger partial charge on any atom is 0.333 e. The van der Waals surface area contributed by atoms with Gasteiger partial charge >= 0.3 is 5.69 Å². The van der Waals surface area contributed by atoms with Crippen LogP contribution in [0, 0.1) is 5.92 Å². The van der Waals surface area contributed by atoms with Gasteiger partial charge in [0.15, 0.2) is 0 Å². The summed E-state index contributed by atoms with van der Waals surface area (Å²) in [7, 11) is 0. The van der Waals surface area contributed by atoms with E-state index in [1.807, 2.05) is 63.9 Å². The van der Waals surface area contributed by atoms with Gasteiger partial charge in [-0.2, -0.15) is 0 Å². The zero-order valence-corrected chi connectivity index (χ0v) is 22.7. The van der Waals surface area contributed by atoms with Crippen LogP contribution in [-0.2, 0) is 6.54 Å². The van der Waals surface area contributed by atoms with E-state index in [9.17, 15) is 18.4 Å². The molecule has 5 aromatic rings. The lowest BCUT2D eigenvalue weighted by atomic mass is 9.85. The number of hydrogen-bond acceptors (Lipinski definition) is 4. The van der Waals surface area contributed by atoms with Crippen molar-refractivity contribution in [1.82, 2.24) is 29.0 Å². The van der Waals surface area contributed by atoms with Crippen molar-refractivity contribution in [2.45, 2.75) is 44.7 Å². The van der Waals surface area contributed by atoms with Crippen LogP contribution in [0.25, 0.3) is 22.4 Å². The van der Waals surface area contributed by atoms with Gasteiger partial charge in [0.1, 0.15) is 5.69 Å². The Hall–Kier alpha value is -4.31. The number of para-hydroxylation sites is 2. The van der Waals surface area contributed by atoms with Crippen LogP contribution in [0.4, 0.5) is 8.78 Å². The standard InChI is InChI=1S/C30H27ClF2N6O2/c31-20-15-24(27(28(32)33)35-16-20)29(40)36-21-7-5-19(6-8-21)17-38-25-3-1-2-4-26(25)39(30(38)41)23-11-9-22(10-12-23)37-14-13-34-18-37/h1-4,9-16,18-19,21,28H,5-8,17H2,(H,36,40). The highest BCUT2D eigenvalue weighted by Gasteiger charge is 2.27. The molecule has 0 aliphatic heterocycles. The predicted molar refractivity (Wildman–Crippen MR) is 152 cm³/mol. The number of amides is 1. The Morgan fingerprint density at radius 3 is 2.41 bits per heavy atom. The monoisotopic (exact) mass is 576 g/mol. The number of nitrogens with zero attached hydrogens (tertiary/aromatic N) is 5. The highest BCUT2D eigenvalue weighted by atomic mass is 35.5. The number of nitrogens with one attached hydrogen (secondary N) is 1. The van der Waals surface area contributed by atoms with Crippen LogP contribution >= 0.6 is 11.6 Å². The van der Waals surface area contributed by atoms with Crippen LogP contribution in [-0.4, -0.2) is 35.6 Å². The first kappa shape index (κ1) is 26.9. The van der Waals surface area contributed by atoms with E-state index in [-0.39, 0.29) is 28.2 Å². The second kappa shape index (κ2) is 11.3. The third-order valence-corrected chi connectivity index (χ3v) is 7.91. The quantitative estimate of drug-likeness (QED) is 0.259. The molecular weight excluding hydrogens is 550 g/mol. The van der Waals surface area contributed by atoms with Gasteiger partial charge in [0.05, 0.1) is 33.6 Å². The summed E-state index contributed by atoms with van der Waals surface area (Å²) in [6.45, 7) is 0.549. The van der Waals surface area contributed by atoms with Crippen molar-refractivity contribution in [3.8, 4) is 11.4 Å². The third kappa shape index (κ3) is 5.39. The average Bonchev–Trinajstić information content (AvgIpc) is 3.61. The molecule has 0 saturated heterocycles. The molecule has 2 aromatic carbocycles. The molecule has 0 atom stereocenters. The molecule has 0 bridgehead atoms. The van der Waals surface area contributed by atoms with Crippen molar-refractivity contribution in [3.05, 3.63) is 106 Å². The lowest BCUT2D eigenvalue weighted by Crippen LogP contribution is -2.39. The van der Waals surface area contributed by atoms with Gasteiger partial charge in [-0.15, -0.1) is 0 Å². The Labute approximate surface area is 239 Å². The normalized spacial score (nSPS) is 17.3. The summed E-state index contributed by atoms with van der Waals surface area (Å²) in [5.74, 6) is -0.370. The van der Waals surface area contributed by atoms with E-state index in [4.69, 9.17) is 11.6 Å². The molecule has 1 amide bonds. The summed E-state index contributed by atoms with van der Waals surface area (Å²) in [5, 5.41) is 3.00. The van der Waals surface area contributed by atoms with Crippen molar-refractivity contribution in [3.63, 3.8) is 0 Å². The molecule has 210 valence electrons. The average molecular weight is 577 g/mol. The molecule has 1 saturated carbocycles. The molecule has 41 heavy (non-hydrogen) atoms. The lowest BCUT2D eigenvalue weighted by molar-refractivity contribution is 0.0904. The van der Waals surface area contributed by atoms with Crippen LogP contribution in [0.2, 0.25) is 5.02 Å². The Morgan fingerprint density at radius 2 is 1.73 bits per heavy atom. The third-order valence-electron chi connectivity index (χ3n) is 7.71. The molecule has 3 heterocycles. The fourth-order valence-electron chi connectivity index (χ4n) is 5.64. The van der Waals surface area contributed by atoms with E-state index in [0.717, 1.165) is 41.4 Å². The highest BCUT2D eigenvalue weighted by Crippen LogP contribution is 2.29. The summed E-state index contributed by atoms with van der Waals surface area (Å²) in [5.41, 5.74) is 2.53. The van der Waals surface area contributed by atoms with Crippen LogP contribution in [0.1, 0.15) is 48.2 Å². The summed E-state index contributed by atoms with van der Waals surface area (Å²) in [4.78, 5) is 34.2. The molecule has 0 spiro atoms. The van der Waals surface area contributed by atoms with E-state index < -0.39 is 18.0 Å². The summed E-state index contributed by atoms with van der Waals surface area (Å²) < 4.78 is 32.2. The van der Waals surface area contributed by atoms with E-state index in [0.29, 0.717) is 19.4 Å². The Kier molecular flexibility index (Phi) is 7.40. The Morgan fingerprint density at radius 1 is 1.02 bits per heavy atom. The van der Waals surface area contributed by atoms with Crippen LogP contribution in [0.3, 0.4) is 0 Å². The number of alkyl halides is 2. The molecular formula is C30H27ClF2N6O2. The molecule has 1 fully saturated rings. The number of imidazole rings is 2. The van der Waals surface area contributed by atoms with Crippen molar-refractivity contribution in [1.29, 1.82) is 0 Å². The summed E-state index contributed by atoms with van der Waals surface area (Å²) >= 11 is 5.91. The van der Waals surface area contributed by atoms with Gasteiger partial charge in [0.2, 0.25) is 0 Å². The lowest BCUT2D eigenvalue weighted by Gasteiger charge is -2.29. The van der Waals surface area contributed by atoms with Gasteiger partial charge in [-0.25, -0.2) is 18.6 Å². The second-order valence-electron chi connectivity index (χ2n) is 10.3. The first-order valence-electron chi connectivity index (χ1n) is 13.4. The fourth-order valence-corrected chi connectivity index (χ4v) is 5.79. The fraction of sp³-hybridized carbons (Fsp3) is 0.267. The second-order valence-corrected chi connectivity index (χ2v) is 10.7. The van der Waals surface area contributed by atoms with E-state index >= 15 is 0 Å². The molecule has 0 unspecified atom stereocenters. The molecule has 1 aliphatic carbocycles. The first-order valence-corrected chi connectivity index (χ1v) is 13.8. The van der Waals surface area contributed by atoms with Crippen molar-refractivity contribution < 1.29 is 13.6 Å². The van der Waals surface area contributed by atoms with Crippen LogP contribution in [0.5, 0.6) is 0 Å². The topological polar surface area (TPSA) is 86.7 Å². The Bertz CT molecular complexity index is 1740. The van der Waals surface area contributed by atoms with Gasteiger partial charge in [-0.05, 0) is 74.1 Å². The first-order chi connectivity index (χ1) is 19.9. The maximum absolute atomic E-state index is 13.7. The molecule has 1 aliphatic rings. The summed E-state index contributed by atoms with van der Waals surface area (Å²) in [6, 6.07) is 16.6. The predicted octanol–water partition coefficient (Wildman–Crippen LogP) is 5.95. The molecule has 11 heteroatoms. The molecule has 3 aromatic heterocycles. The number of benzene rings is 2. The SMILES string of the molecule is O=C(NC1CCC(Cn2c(=O)n(-c3ccc(-n4ccnc4)cc3)c3ccccc32)CC1)c1cc(Cl)cnc1C(F)F. The highest BCUT2D eigenvalue weighted by molar-refractivity contribution is 6.30. The molecule has 0 radical (unpaired) electrons. The molecule has 1 N–H and O–H groups in total. The number of fused-ring (bicyclic) bond motifs is 1. The largest absolute Gasteiger partial charge is 0.349 e. The van der Waals surface area contributed by atoms with Crippen LogP contribution < -0.4 is 11.0 Å². The minimum Gasteiger partial charge on any atom is -0.349 e. The number of rotatable bonds is 7. The van der Waals surface area contributed by atoms with Crippen molar-refractivity contribution in [2.24, 2.45) is 5.92 Å². The Balaban J connectivity index is 1.17. The van der Waals surface area contributed by atoms with Gasteiger partial charge in [0.25, 0.3) is 12.3 Å². The van der Waals surface area contributed by atoms with E-state index in [1.54, 1.807) is 17.1 Å². The zero-order valence-electron chi connectivity index (χ0n) is 22.0. The van der Waals surface area contributed by atoms with Crippen molar-refractivity contribution >= 4 is 28.5 Å². The summed E-state index contributed by atoms with van der Waals surface area (Å²) in [6.07, 6.45) is 6.46. The van der Waals surface area contributed by atoms with E-state index in [2.05, 4.69) is 15.3 Å². The minimum atomic E-state index is -2.88. The maximum atomic E-state index is 13.7. The number of hydrogen-bond donors (Lipinski definition) is 1. The number of carbonyl (C=O) groups excluding carboxylic acids is 1. The van der Waals surface area contributed by atoms with Gasteiger partial charge in [-0.1, -0.05) is 23.7 Å². The van der Waals surface area contributed by atoms with Crippen LogP contribution in [0.15, 0.2) is 84.3 Å². The zero-order chi connectivity index (χ0) is 28.5. The number of aromatic nitrogens is 5. The van der Waals surface area contributed by atoms with E-state index in [1.165, 1.54) is 6.07 Å². The smallest absolute Gasteiger partial charge is 0.333 e. The molecule has 6 rings (SSSR count). The van der Waals surface area contributed by atoms with Gasteiger partial charge < -0.3 is 9.88 Å². The number of halogens is 3. The van der Waals surface area contributed by atoms with Crippen molar-refractivity contribution in [2.75, 3.05) is 0 Å². The number of carbonyl (C=O) groups is 1.